The van der Waals surface area contributed by atoms with Gasteiger partial charge in [0.15, 0.2) is 0 Å². The van der Waals surface area contributed by atoms with E-state index in [9.17, 15) is 0 Å². The van der Waals surface area contributed by atoms with E-state index in [0.717, 1.165) is 77.2 Å². The number of ether oxygens (including phenoxy) is 8. The van der Waals surface area contributed by atoms with E-state index in [1.54, 1.807) is 24.3 Å². The molecule has 102 heavy (non-hydrogen) atoms. The fourth-order valence-corrected chi connectivity index (χ4v) is 15.9. The molecule has 9 aromatic rings. The summed E-state index contributed by atoms with van der Waals surface area (Å²) in [6.45, 7) is 19.3. The molecular weight excluding hydrogens is 1290 g/mol. The molecule has 4 fully saturated rings. The third-order valence-electron chi connectivity index (χ3n) is 21.7. The highest BCUT2D eigenvalue weighted by Gasteiger charge is 2.50. The molecule has 6 aliphatic rings. The van der Waals surface area contributed by atoms with Crippen molar-refractivity contribution >= 4 is 78.7 Å². The summed E-state index contributed by atoms with van der Waals surface area (Å²) in [6.07, 6.45) is 8.08. The van der Waals surface area contributed by atoms with E-state index < -0.39 is 59.5 Å². The lowest BCUT2D eigenvalue weighted by Gasteiger charge is -2.37. The van der Waals surface area contributed by atoms with Crippen molar-refractivity contribution in [3.63, 3.8) is 0 Å². The van der Waals surface area contributed by atoms with Crippen LogP contribution in [0.5, 0.6) is 46.0 Å². The topological polar surface area (TPSA) is 201 Å². The minimum Gasteiger partial charge on any atom is -0.464 e. The molecule has 528 valence electrons. The van der Waals surface area contributed by atoms with E-state index in [4.69, 9.17) is 37.9 Å². The Morgan fingerprint density at radius 2 is 0.716 bits per heavy atom. The van der Waals surface area contributed by atoms with Crippen LogP contribution in [0.1, 0.15) is 213 Å². The smallest absolute Gasteiger partial charge is 0.329 e. The molecule has 17 heteroatoms. The molecule has 0 aromatic heterocycles. The predicted molar refractivity (Wildman–Crippen MR) is 391 cm³/mol. The van der Waals surface area contributed by atoms with Crippen LogP contribution in [-0.4, -0.2) is 109 Å². The zero-order valence-corrected chi connectivity index (χ0v) is 59.5. The molecule has 2 saturated carbocycles. The molecule has 2 aliphatic carbocycles. The van der Waals surface area contributed by atoms with E-state index >= 15 is 28.8 Å². The summed E-state index contributed by atoms with van der Waals surface area (Å²) in [7, 11) is 0. The maximum absolute atomic E-state index is 16.5. The first-order chi connectivity index (χ1) is 49.4. The molecule has 4 atom stereocenters. The highest BCUT2D eigenvalue weighted by molar-refractivity contribution is 6.45. The summed E-state index contributed by atoms with van der Waals surface area (Å²) in [6, 6.07) is 35.0. The lowest BCUT2D eigenvalue weighted by molar-refractivity contribution is -0.151. The number of nitrogens with one attached hydrogen (secondary N) is 1. The Kier molecular flexibility index (Phi) is 19.1. The molecular formula is C85H89N3O14. The van der Waals surface area contributed by atoms with Crippen LogP contribution >= 0.6 is 0 Å². The molecule has 17 nitrogen and oxygen atoms in total. The van der Waals surface area contributed by atoms with Crippen molar-refractivity contribution in [1.82, 2.24) is 15.1 Å². The van der Waals surface area contributed by atoms with Crippen molar-refractivity contribution in [1.29, 1.82) is 0 Å². The maximum atomic E-state index is 16.5. The number of imide groups is 2. The number of carbonyl (C=O) groups is 6. The van der Waals surface area contributed by atoms with Gasteiger partial charge in [0.25, 0.3) is 23.6 Å². The zero-order valence-electron chi connectivity index (χ0n) is 59.5. The number of esters is 2. The van der Waals surface area contributed by atoms with Crippen LogP contribution < -0.4 is 24.3 Å². The van der Waals surface area contributed by atoms with Crippen molar-refractivity contribution in [2.75, 3.05) is 39.5 Å². The molecule has 0 spiro atoms. The second-order valence-electron chi connectivity index (χ2n) is 29.9. The van der Waals surface area contributed by atoms with Crippen LogP contribution in [0.2, 0.25) is 0 Å². The molecule has 4 unspecified atom stereocenters. The zero-order chi connectivity index (χ0) is 70.8. The molecule has 4 aliphatic heterocycles. The van der Waals surface area contributed by atoms with Crippen molar-refractivity contribution < 1.29 is 66.7 Å². The highest BCUT2D eigenvalue weighted by atomic mass is 16.6. The lowest BCUT2D eigenvalue weighted by Crippen LogP contribution is -2.54. The summed E-state index contributed by atoms with van der Waals surface area (Å²) in [5, 5.41) is 5.89. The number of amides is 4. The average molecular weight is 1380 g/mol. The fourth-order valence-electron chi connectivity index (χ4n) is 15.9. The molecule has 15 rings (SSSR count). The van der Waals surface area contributed by atoms with Gasteiger partial charge in [-0.3, -0.25) is 29.0 Å². The van der Waals surface area contributed by atoms with Crippen LogP contribution in [0.3, 0.4) is 0 Å². The van der Waals surface area contributed by atoms with Gasteiger partial charge in [-0.1, -0.05) is 130 Å². The number of carbonyl (C=O) groups excluding carboxylic acids is 6. The van der Waals surface area contributed by atoms with Gasteiger partial charge >= 0.3 is 11.9 Å². The second kappa shape index (κ2) is 28.4. The van der Waals surface area contributed by atoms with Crippen molar-refractivity contribution in [3.8, 4) is 46.0 Å². The summed E-state index contributed by atoms with van der Waals surface area (Å²) >= 11 is 0. The van der Waals surface area contributed by atoms with Crippen LogP contribution in [0.25, 0.3) is 43.1 Å². The minimum absolute atomic E-state index is 0.00206. The summed E-state index contributed by atoms with van der Waals surface area (Å²) in [5.74, 6) is -2.07. The number of benzene rings is 9. The summed E-state index contributed by atoms with van der Waals surface area (Å²) in [5.41, 5.74) is 4.53. The molecule has 4 amide bonds. The number of epoxide rings is 2. The Bertz CT molecular complexity index is 4180. The molecule has 1 N–H and O–H groups in total. The Morgan fingerprint density at radius 3 is 1.01 bits per heavy atom. The number of hydrogen-bond acceptors (Lipinski definition) is 15. The first-order valence-electron chi connectivity index (χ1n) is 36.9. The van der Waals surface area contributed by atoms with E-state index in [1.807, 2.05) is 97.1 Å². The van der Waals surface area contributed by atoms with Gasteiger partial charge in [0.05, 0.1) is 54.3 Å². The minimum atomic E-state index is -1.30. The normalized spacial score (nSPS) is 18.2. The van der Waals surface area contributed by atoms with Gasteiger partial charge in [0, 0.05) is 56.2 Å². The largest absolute Gasteiger partial charge is 0.464 e. The maximum Gasteiger partial charge on any atom is 0.329 e. The van der Waals surface area contributed by atoms with Gasteiger partial charge in [-0.05, 0) is 176 Å². The highest BCUT2D eigenvalue weighted by Crippen LogP contribution is 2.59. The predicted octanol–water partition coefficient (Wildman–Crippen LogP) is 18.4. The number of rotatable bonds is 28. The van der Waals surface area contributed by atoms with E-state index in [-0.39, 0.29) is 105 Å². The number of nitrogens with zero attached hydrogens (tertiary/aromatic N) is 2. The molecule has 0 bridgehead atoms. The third kappa shape index (κ3) is 13.2. The quantitative estimate of drug-likeness (QED) is 0.0121. The summed E-state index contributed by atoms with van der Waals surface area (Å²) in [4.78, 5) is 98.2. The molecule has 2 saturated heterocycles. The van der Waals surface area contributed by atoms with Gasteiger partial charge in [0.1, 0.15) is 64.7 Å². The first kappa shape index (κ1) is 68.4. The monoisotopic (exact) mass is 1380 g/mol. The molecule has 9 aromatic carbocycles. The van der Waals surface area contributed by atoms with Crippen molar-refractivity contribution in [2.24, 2.45) is 11.8 Å². The van der Waals surface area contributed by atoms with Crippen molar-refractivity contribution in [3.05, 3.63) is 166 Å². The average Bonchev–Trinajstić information content (AvgIpc) is 0.922. The van der Waals surface area contributed by atoms with Gasteiger partial charge < -0.3 is 43.2 Å². The number of unbranched alkanes of at least 4 members (excludes halogenated alkanes) is 1. The van der Waals surface area contributed by atoms with Gasteiger partial charge in [-0.15, -0.1) is 0 Å². The van der Waals surface area contributed by atoms with Crippen molar-refractivity contribution in [2.45, 2.75) is 174 Å². The number of fused-ring (bicyclic) bond motifs is 2. The van der Waals surface area contributed by atoms with E-state index in [2.05, 4.69) is 60.7 Å². The Hall–Kier alpha value is -9.42. The SMILES string of the molecule is CC(C)c1ccc(Oc2cc3c4c(cc(Oc5ccc(C(C)C)cc5)c5c6c(Oc7ccc(C(C)C)cc7)cc7c8c(cc(Oc9ccc(C(C)C)cc9)c(c2c45)c86)C(=O)N(C(C(=O)OCCNCC2CO2)C2CCCC2)C7=O)C(=O)N(C(C(=O)OCCCCC2CO2)C2CCCC2)C3=O)cc1. The Labute approximate surface area is 594 Å². The first-order valence-corrected chi connectivity index (χ1v) is 36.9. The second-order valence-corrected chi connectivity index (χ2v) is 29.9. The van der Waals surface area contributed by atoms with Gasteiger partial charge in [-0.25, -0.2) is 9.59 Å². The molecule has 4 heterocycles. The Balaban J connectivity index is 1.04. The van der Waals surface area contributed by atoms with Gasteiger partial charge in [0.2, 0.25) is 0 Å². The van der Waals surface area contributed by atoms with Crippen LogP contribution in [0.4, 0.5) is 0 Å². The number of hydrogen-bond donors (Lipinski definition) is 1. The standard InChI is InChI=1S/C85H89N3O14/c1-46(2)50-20-28-56(29-21-50)99-66-39-62-70-63(81(90)87(80(62)89)78(54-15-9-10-16-54)84(93)95-37-14-13-19-60-44-97-60)40-67(100-57-30-22-51(23-31-57)47(3)4)73-75-69(102-59-34-26-53(27-35-59)49(7)8)42-65-71-64(41-68(74(77(71)75)72(66)76(70)73)101-58-32-24-52(25-33-58)48(5)6)82(91)88(83(65)92)79(55-17-11-12-18-55)85(94)96-38-36-86-43-61-45-98-61/h20-35,39-42,46-49,54-55,60-61,78-79,86H,9-19,36-38,43-45H2,1-8H3. The van der Waals surface area contributed by atoms with Crippen LogP contribution in [0.15, 0.2) is 121 Å². The Morgan fingerprint density at radius 1 is 0.412 bits per heavy atom. The van der Waals surface area contributed by atoms with E-state index in [0.29, 0.717) is 107 Å². The molecule has 0 radical (unpaired) electrons. The fraction of sp³-hybridized carbons (Fsp3) is 0.412. The van der Waals surface area contributed by atoms with Crippen LogP contribution in [0, 0.1) is 11.8 Å². The lowest BCUT2D eigenvalue weighted by atomic mass is 9.80. The van der Waals surface area contributed by atoms with Crippen LogP contribution in [-0.2, 0) is 28.5 Å². The third-order valence-corrected chi connectivity index (χ3v) is 21.7. The van der Waals surface area contributed by atoms with Gasteiger partial charge in [-0.2, -0.15) is 0 Å². The van der Waals surface area contributed by atoms with E-state index in [1.165, 1.54) is 0 Å². The summed E-state index contributed by atoms with van der Waals surface area (Å²) < 4.78 is 52.5.